The Hall–Kier alpha value is -0.750. The van der Waals surface area contributed by atoms with Gasteiger partial charge in [-0.25, -0.2) is 4.57 Å². The third-order valence-corrected chi connectivity index (χ3v) is 3.20. The molecule has 2 aromatic rings. The first-order valence-electron chi connectivity index (χ1n) is 5.39. The zero-order valence-corrected chi connectivity index (χ0v) is 13.7. The van der Waals surface area contributed by atoms with Gasteiger partial charge in [-0.05, 0) is 12.1 Å². The van der Waals surface area contributed by atoms with E-state index in [1.54, 1.807) is 0 Å². The smallest absolute Gasteiger partial charge is 0.188 e. The minimum atomic E-state index is 0. The summed E-state index contributed by atoms with van der Waals surface area (Å²) in [5.74, 6) is 0.138. The Morgan fingerprint density at radius 1 is 1.17 bits per heavy atom. The van der Waals surface area contributed by atoms with E-state index >= 15 is 0 Å². The molecular weight excluding hydrogens is 405 g/mol. The van der Waals surface area contributed by atoms with Gasteiger partial charge in [0.25, 0.3) is 0 Å². The molecule has 0 N–H and O–H groups in total. The highest BCUT2D eigenvalue weighted by Gasteiger charge is 2.12. The molecule has 0 aliphatic heterocycles. The molecule has 1 aromatic carbocycles. The lowest BCUT2D eigenvalue weighted by Gasteiger charge is -2.00. The normalized spacial score (nSPS) is 9.67. The first-order chi connectivity index (χ1) is 8.16. The SMILES string of the molecule is C[n+]1ccccc1CC(=O)c1ccc(Br)cc1.[I-]. The van der Waals surface area contributed by atoms with Gasteiger partial charge in [-0.1, -0.05) is 34.1 Å². The predicted molar refractivity (Wildman–Crippen MR) is 69.8 cm³/mol. The predicted octanol–water partition coefficient (Wildman–Crippen LogP) is -0.297. The minimum absolute atomic E-state index is 0. The molecule has 0 unspecified atom stereocenters. The van der Waals surface area contributed by atoms with Crippen LogP contribution in [-0.4, -0.2) is 5.78 Å². The Balaban J connectivity index is 0.00000162. The third kappa shape index (κ3) is 3.88. The highest BCUT2D eigenvalue weighted by atomic mass is 127. The summed E-state index contributed by atoms with van der Waals surface area (Å²) >= 11 is 3.36. The summed E-state index contributed by atoms with van der Waals surface area (Å²) in [6.45, 7) is 0. The van der Waals surface area contributed by atoms with E-state index in [0.29, 0.717) is 6.42 Å². The molecule has 4 heteroatoms. The minimum Gasteiger partial charge on any atom is -1.00 e. The van der Waals surface area contributed by atoms with Crippen molar-refractivity contribution >= 4 is 21.7 Å². The van der Waals surface area contributed by atoms with Gasteiger partial charge >= 0.3 is 0 Å². The summed E-state index contributed by atoms with van der Waals surface area (Å²) in [4.78, 5) is 12.0. The van der Waals surface area contributed by atoms with Crippen molar-refractivity contribution in [2.24, 2.45) is 7.05 Å². The lowest BCUT2D eigenvalue weighted by molar-refractivity contribution is -0.678. The molecule has 18 heavy (non-hydrogen) atoms. The maximum atomic E-state index is 12.0. The average molecular weight is 418 g/mol. The summed E-state index contributed by atoms with van der Waals surface area (Å²) in [5, 5.41) is 0. The van der Waals surface area contributed by atoms with Gasteiger partial charge in [0, 0.05) is 22.2 Å². The van der Waals surface area contributed by atoms with Crippen molar-refractivity contribution in [3.8, 4) is 0 Å². The van der Waals surface area contributed by atoms with Gasteiger partial charge in [0.1, 0.15) is 7.05 Å². The van der Waals surface area contributed by atoms with Crippen molar-refractivity contribution in [2.75, 3.05) is 0 Å². The van der Waals surface area contributed by atoms with E-state index < -0.39 is 0 Å². The van der Waals surface area contributed by atoms with Crippen molar-refractivity contribution in [3.63, 3.8) is 0 Å². The van der Waals surface area contributed by atoms with Crippen molar-refractivity contribution in [1.82, 2.24) is 0 Å². The van der Waals surface area contributed by atoms with E-state index in [0.717, 1.165) is 15.7 Å². The number of pyridine rings is 1. The quantitative estimate of drug-likeness (QED) is 0.381. The van der Waals surface area contributed by atoms with Crippen LogP contribution >= 0.6 is 15.9 Å². The van der Waals surface area contributed by atoms with Crippen molar-refractivity contribution in [2.45, 2.75) is 6.42 Å². The number of aryl methyl sites for hydroxylation is 1. The molecule has 0 fully saturated rings. The van der Waals surface area contributed by atoms with Crippen LogP contribution in [0.2, 0.25) is 0 Å². The van der Waals surface area contributed by atoms with E-state index in [9.17, 15) is 4.79 Å². The van der Waals surface area contributed by atoms with Gasteiger partial charge in [-0.15, -0.1) is 0 Å². The molecular formula is C14H13BrINO. The Morgan fingerprint density at radius 2 is 1.83 bits per heavy atom. The fourth-order valence-corrected chi connectivity index (χ4v) is 1.91. The molecule has 1 aromatic heterocycles. The number of ketones is 1. The Morgan fingerprint density at radius 3 is 2.44 bits per heavy atom. The van der Waals surface area contributed by atoms with Gasteiger partial charge in [0.05, 0.1) is 6.42 Å². The molecule has 0 aliphatic carbocycles. The second-order valence-corrected chi connectivity index (χ2v) is 4.83. The maximum absolute atomic E-state index is 12.0. The van der Waals surface area contributed by atoms with Gasteiger partial charge in [0.15, 0.2) is 17.7 Å². The fourth-order valence-electron chi connectivity index (χ4n) is 1.64. The van der Waals surface area contributed by atoms with E-state index in [4.69, 9.17) is 0 Å². The monoisotopic (exact) mass is 417 g/mol. The van der Waals surface area contributed by atoms with Gasteiger partial charge in [-0.2, -0.15) is 0 Å². The lowest BCUT2D eigenvalue weighted by atomic mass is 10.1. The number of nitrogens with zero attached hydrogens (tertiary/aromatic N) is 1. The summed E-state index contributed by atoms with van der Waals surface area (Å²) in [7, 11) is 1.95. The Labute approximate surface area is 132 Å². The van der Waals surface area contributed by atoms with E-state index in [1.807, 2.05) is 60.3 Å². The summed E-state index contributed by atoms with van der Waals surface area (Å²) < 4.78 is 2.95. The van der Waals surface area contributed by atoms with E-state index in [1.165, 1.54) is 0 Å². The van der Waals surface area contributed by atoms with Crippen LogP contribution in [0.1, 0.15) is 16.1 Å². The third-order valence-electron chi connectivity index (χ3n) is 2.67. The second-order valence-electron chi connectivity index (χ2n) is 3.91. The number of carbonyl (C=O) groups excluding carboxylic acids is 1. The molecule has 0 radical (unpaired) electrons. The largest absolute Gasteiger partial charge is 1.00 e. The second kappa shape index (κ2) is 6.99. The van der Waals surface area contributed by atoms with Crippen LogP contribution in [0.3, 0.4) is 0 Å². The highest BCUT2D eigenvalue weighted by molar-refractivity contribution is 9.10. The molecule has 0 atom stereocenters. The van der Waals surface area contributed by atoms with E-state index in [-0.39, 0.29) is 29.8 Å². The summed E-state index contributed by atoms with van der Waals surface area (Å²) in [5.41, 5.74) is 1.76. The number of aromatic nitrogens is 1. The van der Waals surface area contributed by atoms with Crippen molar-refractivity contribution < 1.29 is 33.3 Å². The topological polar surface area (TPSA) is 20.9 Å². The first kappa shape index (κ1) is 15.3. The molecule has 0 saturated carbocycles. The number of halogens is 2. The van der Waals surface area contributed by atoms with Gasteiger partial charge < -0.3 is 24.0 Å². The molecule has 0 amide bonds. The molecule has 0 saturated heterocycles. The van der Waals surface area contributed by atoms with Gasteiger partial charge in [-0.3, -0.25) is 4.79 Å². The number of benzene rings is 1. The van der Waals surface area contributed by atoms with E-state index in [2.05, 4.69) is 15.9 Å². The van der Waals surface area contributed by atoms with Crippen LogP contribution < -0.4 is 28.5 Å². The molecule has 2 nitrogen and oxygen atoms in total. The Bertz CT molecular complexity index is 540. The Kier molecular flexibility index (Phi) is 5.95. The van der Waals surface area contributed by atoms with Crippen LogP contribution in [0.25, 0.3) is 0 Å². The molecule has 0 aliphatic rings. The van der Waals surface area contributed by atoms with Crippen LogP contribution in [0, 0.1) is 0 Å². The fraction of sp³-hybridized carbons (Fsp3) is 0.143. The van der Waals surface area contributed by atoms with Crippen molar-refractivity contribution in [1.29, 1.82) is 0 Å². The van der Waals surface area contributed by atoms with Crippen LogP contribution in [-0.2, 0) is 13.5 Å². The summed E-state index contributed by atoms with van der Waals surface area (Å²) in [6.07, 6.45) is 2.38. The standard InChI is InChI=1S/C14H13BrNO.HI/c1-16-9-3-2-4-13(16)10-14(17)11-5-7-12(15)8-6-11;/h2-9H,10H2,1H3;1H/q+1;/p-1. The number of hydrogen-bond acceptors (Lipinski definition) is 1. The molecule has 1 heterocycles. The molecule has 94 valence electrons. The molecule has 2 rings (SSSR count). The van der Waals surface area contributed by atoms with Crippen molar-refractivity contribution in [3.05, 3.63) is 64.4 Å². The number of Topliss-reactive ketones (excluding diaryl/α,β-unsaturated/α-hetero) is 1. The molecule has 0 bridgehead atoms. The number of hydrogen-bond donors (Lipinski definition) is 0. The first-order valence-corrected chi connectivity index (χ1v) is 6.18. The van der Waals surface area contributed by atoms with Crippen LogP contribution in [0.15, 0.2) is 53.1 Å². The van der Waals surface area contributed by atoms with Crippen LogP contribution in [0.5, 0.6) is 0 Å². The summed E-state index contributed by atoms with van der Waals surface area (Å²) in [6, 6.07) is 13.3. The zero-order chi connectivity index (χ0) is 12.3. The maximum Gasteiger partial charge on any atom is 0.188 e. The van der Waals surface area contributed by atoms with Crippen LogP contribution in [0.4, 0.5) is 0 Å². The zero-order valence-electron chi connectivity index (χ0n) is 9.94. The molecule has 0 spiro atoms. The number of carbonyl (C=O) groups is 1. The lowest BCUT2D eigenvalue weighted by Crippen LogP contribution is -3.00. The number of rotatable bonds is 3. The highest BCUT2D eigenvalue weighted by Crippen LogP contribution is 2.12. The van der Waals surface area contributed by atoms with Gasteiger partial charge in [0.2, 0.25) is 0 Å². The average Bonchev–Trinajstić information content (AvgIpc) is 2.33.